The molecule has 0 aliphatic carbocycles. The average molecular weight is 326 g/mol. The molecule has 23 heavy (non-hydrogen) atoms. The Bertz CT molecular complexity index is 572. The van der Waals surface area contributed by atoms with E-state index in [0.29, 0.717) is 12.0 Å². The highest BCUT2D eigenvalue weighted by Crippen LogP contribution is 2.32. The van der Waals surface area contributed by atoms with E-state index in [1.54, 1.807) is 0 Å². The maximum absolute atomic E-state index is 2.81. The Balaban J connectivity index is 2.25. The maximum atomic E-state index is 2.81. The fourth-order valence-electron chi connectivity index (χ4n) is 3.36. The standard InChI is InChI=1S/C21H31NSi/c1-18(2)21(20-14-10-7-11-15-20)22(23(3,4)5)17-16-19-12-8-6-9-13-19/h6-15,18,21H,16-17H2,1-5H3. The van der Waals surface area contributed by atoms with Crippen LogP contribution >= 0.6 is 0 Å². The fourth-order valence-corrected chi connectivity index (χ4v) is 5.43. The van der Waals surface area contributed by atoms with Gasteiger partial charge in [-0.15, -0.1) is 0 Å². The molecule has 1 nitrogen and oxygen atoms in total. The highest BCUT2D eigenvalue weighted by molar-refractivity contribution is 6.73. The maximum Gasteiger partial charge on any atom is 0.119 e. The van der Waals surface area contributed by atoms with Crippen molar-refractivity contribution in [3.63, 3.8) is 0 Å². The van der Waals surface area contributed by atoms with Gasteiger partial charge >= 0.3 is 0 Å². The molecule has 2 rings (SSSR count). The lowest BCUT2D eigenvalue weighted by Crippen LogP contribution is -2.50. The summed E-state index contributed by atoms with van der Waals surface area (Å²) >= 11 is 0. The number of rotatable bonds is 7. The van der Waals surface area contributed by atoms with Crippen molar-refractivity contribution in [3.05, 3.63) is 71.8 Å². The van der Waals surface area contributed by atoms with Gasteiger partial charge in [-0.2, -0.15) is 0 Å². The van der Waals surface area contributed by atoms with Crippen molar-refractivity contribution in [2.24, 2.45) is 5.92 Å². The van der Waals surface area contributed by atoms with Crippen LogP contribution in [-0.4, -0.2) is 19.3 Å². The quantitative estimate of drug-likeness (QED) is 0.585. The minimum absolute atomic E-state index is 0.506. The topological polar surface area (TPSA) is 3.24 Å². The van der Waals surface area contributed by atoms with Gasteiger partial charge in [-0.25, -0.2) is 0 Å². The van der Waals surface area contributed by atoms with Gasteiger partial charge in [-0.1, -0.05) is 94.2 Å². The fraction of sp³-hybridized carbons (Fsp3) is 0.429. The Morgan fingerprint density at radius 2 is 1.35 bits per heavy atom. The van der Waals surface area contributed by atoms with Crippen molar-refractivity contribution in [1.82, 2.24) is 4.57 Å². The van der Waals surface area contributed by atoms with E-state index in [1.807, 2.05) is 0 Å². The van der Waals surface area contributed by atoms with Crippen LogP contribution in [0.2, 0.25) is 19.6 Å². The summed E-state index contributed by atoms with van der Waals surface area (Å²) in [6.45, 7) is 13.3. The lowest BCUT2D eigenvalue weighted by atomic mass is 9.95. The van der Waals surface area contributed by atoms with Crippen LogP contribution in [0.3, 0.4) is 0 Å². The summed E-state index contributed by atoms with van der Waals surface area (Å²) < 4.78 is 2.81. The van der Waals surface area contributed by atoms with Gasteiger partial charge in [0.2, 0.25) is 0 Å². The normalized spacial score (nSPS) is 13.5. The van der Waals surface area contributed by atoms with Crippen molar-refractivity contribution >= 4 is 8.24 Å². The van der Waals surface area contributed by atoms with Gasteiger partial charge in [0.05, 0.1) is 0 Å². The number of hydrogen-bond acceptors (Lipinski definition) is 1. The average Bonchev–Trinajstić information content (AvgIpc) is 2.51. The molecule has 2 heteroatoms. The molecule has 0 saturated heterocycles. The molecule has 1 unspecified atom stereocenters. The van der Waals surface area contributed by atoms with Gasteiger partial charge in [0.1, 0.15) is 8.24 Å². The summed E-state index contributed by atoms with van der Waals surface area (Å²) in [6.07, 6.45) is 1.13. The van der Waals surface area contributed by atoms with E-state index in [0.717, 1.165) is 13.0 Å². The van der Waals surface area contributed by atoms with E-state index in [9.17, 15) is 0 Å². The highest BCUT2D eigenvalue weighted by atomic mass is 28.3. The van der Waals surface area contributed by atoms with Gasteiger partial charge < -0.3 is 4.57 Å². The molecule has 1 atom stereocenters. The van der Waals surface area contributed by atoms with Crippen LogP contribution in [0.15, 0.2) is 60.7 Å². The third-order valence-corrected chi connectivity index (χ3v) is 6.68. The number of hydrogen-bond donors (Lipinski definition) is 0. The van der Waals surface area contributed by atoms with Crippen LogP contribution in [0.25, 0.3) is 0 Å². The van der Waals surface area contributed by atoms with Gasteiger partial charge in [-0.3, -0.25) is 0 Å². The Hall–Kier alpha value is -1.38. The van der Waals surface area contributed by atoms with E-state index < -0.39 is 8.24 Å². The Morgan fingerprint density at radius 3 is 1.83 bits per heavy atom. The molecule has 0 radical (unpaired) electrons. The SMILES string of the molecule is CC(C)C(c1ccccc1)N(CCc1ccccc1)[Si](C)(C)C. The molecule has 0 aliphatic heterocycles. The third kappa shape index (κ3) is 5.05. The van der Waals surface area contributed by atoms with Crippen molar-refractivity contribution in [2.45, 2.75) is 46.0 Å². The van der Waals surface area contributed by atoms with Crippen LogP contribution in [0.4, 0.5) is 0 Å². The van der Waals surface area contributed by atoms with Crippen LogP contribution in [0.1, 0.15) is 31.0 Å². The molecular formula is C21H31NSi. The zero-order valence-corrected chi connectivity index (χ0v) is 16.3. The van der Waals surface area contributed by atoms with E-state index in [1.165, 1.54) is 11.1 Å². The van der Waals surface area contributed by atoms with Crippen molar-refractivity contribution in [1.29, 1.82) is 0 Å². The second-order valence-corrected chi connectivity index (χ2v) is 12.6. The van der Waals surface area contributed by atoms with Crippen LogP contribution < -0.4 is 0 Å². The Kier molecular flexibility index (Phi) is 6.20. The minimum atomic E-state index is -1.42. The monoisotopic (exact) mass is 325 g/mol. The molecule has 0 N–H and O–H groups in total. The first-order chi connectivity index (χ1) is 10.9. The van der Waals surface area contributed by atoms with Gasteiger partial charge in [0.25, 0.3) is 0 Å². The van der Waals surface area contributed by atoms with Crippen LogP contribution in [0.5, 0.6) is 0 Å². The lowest BCUT2D eigenvalue weighted by molar-refractivity contribution is 0.257. The first kappa shape index (κ1) is 18.0. The molecule has 0 spiro atoms. The largest absolute Gasteiger partial charge is 0.317 e. The second-order valence-electron chi connectivity index (χ2n) is 7.70. The smallest absolute Gasteiger partial charge is 0.119 e. The third-order valence-electron chi connectivity index (χ3n) is 4.45. The summed E-state index contributed by atoms with van der Waals surface area (Å²) in [5, 5.41) is 0. The summed E-state index contributed by atoms with van der Waals surface area (Å²) in [5.74, 6) is 0.611. The molecular weight excluding hydrogens is 294 g/mol. The summed E-state index contributed by atoms with van der Waals surface area (Å²) in [5.41, 5.74) is 2.89. The molecule has 0 aliphatic rings. The zero-order valence-electron chi connectivity index (χ0n) is 15.3. The van der Waals surface area contributed by atoms with Gasteiger partial charge in [0, 0.05) is 6.04 Å². The van der Waals surface area contributed by atoms with Crippen molar-refractivity contribution < 1.29 is 0 Å². The van der Waals surface area contributed by atoms with E-state index >= 15 is 0 Å². The van der Waals surface area contributed by atoms with E-state index in [4.69, 9.17) is 0 Å². The summed E-state index contributed by atoms with van der Waals surface area (Å²) in [7, 11) is -1.42. The van der Waals surface area contributed by atoms with Crippen molar-refractivity contribution in [2.75, 3.05) is 6.54 Å². The predicted molar refractivity (Wildman–Crippen MR) is 104 cm³/mol. The zero-order chi connectivity index (χ0) is 16.9. The summed E-state index contributed by atoms with van der Waals surface area (Å²) in [6, 6.07) is 22.4. The molecule has 124 valence electrons. The summed E-state index contributed by atoms with van der Waals surface area (Å²) in [4.78, 5) is 0. The van der Waals surface area contributed by atoms with Gasteiger partial charge in [0.15, 0.2) is 0 Å². The molecule has 0 heterocycles. The highest BCUT2D eigenvalue weighted by Gasteiger charge is 2.32. The van der Waals surface area contributed by atoms with Gasteiger partial charge in [-0.05, 0) is 30.0 Å². The van der Waals surface area contributed by atoms with Crippen LogP contribution in [0, 0.1) is 5.92 Å². The molecule has 0 saturated carbocycles. The van der Waals surface area contributed by atoms with Crippen molar-refractivity contribution in [3.8, 4) is 0 Å². The second kappa shape index (κ2) is 7.94. The molecule has 0 aromatic heterocycles. The first-order valence-electron chi connectivity index (χ1n) is 8.75. The molecule has 0 bridgehead atoms. The Morgan fingerprint density at radius 1 is 0.826 bits per heavy atom. The minimum Gasteiger partial charge on any atom is -0.317 e. The predicted octanol–water partition coefficient (Wildman–Crippen LogP) is 5.76. The molecule has 0 amide bonds. The number of benzene rings is 2. The first-order valence-corrected chi connectivity index (χ1v) is 12.2. The van der Waals surface area contributed by atoms with E-state index in [-0.39, 0.29) is 0 Å². The lowest BCUT2D eigenvalue weighted by Gasteiger charge is -2.43. The van der Waals surface area contributed by atoms with Crippen LogP contribution in [-0.2, 0) is 6.42 Å². The van der Waals surface area contributed by atoms with E-state index in [2.05, 4.69) is 98.7 Å². The Labute approximate surface area is 143 Å². The molecule has 2 aromatic carbocycles. The number of nitrogens with zero attached hydrogens (tertiary/aromatic N) is 1. The molecule has 0 fully saturated rings. The molecule has 2 aromatic rings.